The number of halogens is 3. The molecule has 1 N–H and O–H groups in total. The third-order valence-corrected chi connectivity index (χ3v) is 1.93. The largest absolute Gasteiger partial charge is 0.469 e. The number of ether oxygens (including phenoxy) is 1. The molecule has 1 rings (SSSR count). The number of pyridine rings is 1. The smallest absolute Gasteiger partial charge is 0.311 e. The molecule has 0 aliphatic carbocycles. The summed E-state index contributed by atoms with van der Waals surface area (Å²) in [6.45, 7) is 0. The average Bonchev–Trinajstić information content (AvgIpc) is 2.23. The van der Waals surface area contributed by atoms with Crippen molar-refractivity contribution in [1.82, 2.24) is 4.98 Å². The highest BCUT2D eigenvalue weighted by atomic mass is 19.3. The zero-order valence-electron chi connectivity index (χ0n) is 8.22. The quantitative estimate of drug-likeness (QED) is 0.800. The molecule has 0 aliphatic heterocycles. The lowest BCUT2D eigenvalue weighted by molar-refractivity contribution is -0.139. The molecule has 0 atom stereocenters. The van der Waals surface area contributed by atoms with Crippen molar-refractivity contribution in [3.05, 3.63) is 33.5 Å². The highest BCUT2D eigenvalue weighted by Gasteiger charge is 2.21. The van der Waals surface area contributed by atoms with Crippen LogP contribution in [0.3, 0.4) is 0 Å². The summed E-state index contributed by atoms with van der Waals surface area (Å²) in [5, 5.41) is 0. The van der Waals surface area contributed by atoms with Crippen LogP contribution in [0.15, 0.2) is 11.0 Å². The summed E-state index contributed by atoms with van der Waals surface area (Å²) >= 11 is 0. The predicted octanol–water partition coefficient (Wildman–Crippen LogP) is 1.17. The molecule has 88 valence electrons. The van der Waals surface area contributed by atoms with E-state index < -0.39 is 35.6 Å². The third kappa shape index (κ3) is 2.41. The summed E-state index contributed by atoms with van der Waals surface area (Å²) in [6.07, 6.45) is -3.06. The van der Waals surface area contributed by atoms with Gasteiger partial charge in [0.15, 0.2) is 5.82 Å². The Morgan fingerprint density at radius 2 is 2.19 bits per heavy atom. The molecule has 16 heavy (non-hydrogen) atoms. The second kappa shape index (κ2) is 4.82. The maximum atomic E-state index is 12.7. The van der Waals surface area contributed by atoms with Gasteiger partial charge in [-0.05, 0) is 0 Å². The standard InChI is InChI=1S/C9H8F3NO3/c1-16-6(14)2-5-7(9(11)12)8(15)4(10)3-13-5/h3,9H,2H2,1H3,(H,13,15). The monoisotopic (exact) mass is 235 g/mol. The van der Waals surface area contributed by atoms with Crippen LogP contribution in [-0.2, 0) is 16.0 Å². The molecule has 0 aromatic carbocycles. The average molecular weight is 235 g/mol. The van der Waals surface area contributed by atoms with E-state index in [9.17, 15) is 22.8 Å². The molecule has 0 fully saturated rings. The fraction of sp³-hybridized carbons (Fsp3) is 0.333. The van der Waals surface area contributed by atoms with Crippen molar-refractivity contribution < 1.29 is 22.7 Å². The zero-order chi connectivity index (χ0) is 12.3. The lowest BCUT2D eigenvalue weighted by atomic mass is 10.1. The lowest BCUT2D eigenvalue weighted by Crippen LogP contribution is -2.20. The Kier molecular flexibility index (Phi) is 3.70. The molecule has 1 aromatic heterocycles. The Morgan fingerprint density at radius 3 is 2.69 bits per heavy atom. The molecule has 0 saturated heterocycles. The van der Waals surface area contributed by atoms with Gasteiger partial charge in [-0.25, -0.2) is 13.2 Å². The van der Waals surface area contributed by atoms with Crippen LogP contribution >= 0.6 is 0 Å². The Morgan fingerprint density at radius 1 is 1.56 bits per heavy atom. The zero-order valence-corrected chi connectivity index (χ0v) is 8.22. The fourth-order valence-electron chi connectivity index (χ4n) is 1.15. The minimum absolute atomic E-state index is 0.340. The summed E-state index contributed by atoms with van der Waals surface area (Å²) < 4.78 is 42.0. The van der Waals surface area contributed by atoms with Gasteiger partial charge >= 0.3 is 5.97 Å². The van der Waals surface area contributed by atoms with E-state index in [2.05, 4.69) is 9.72 Å². The summed E-state index contributed by atoms with van der Waals surface area (Å²) in [5.41, 5.74) is -2.79. The van der Waals surface area contributed by atoms with Crippen LogP contribution in [0, 0.1) is 5.82 Å². The lowest BCUT2D eigenvalue weighted by Gasteiger charge is -2.06. The SMILES string of the molecule is COC(=O)Cc1[nH]cc(F)c(=O)c1C(F)F. The van der Waals surface area contributed by atoms with Crippen LogP contribution in [0.2, 0.25) is 0 Å². The van der Waals surface area contributed by atoms with Gasteiger partial charge in [0.05, 0.1) is 19.1 Å². The number of esters is 1. The Labute approximate surface area is 88.0 Å². The first-order valence-electron chi connectivity index (χ1n) is 4.22. The Bertz CT molecular complexity index is 456. The molecule has 4 nitrogen and oxygen atoms in total. The van der Waals surface area contributed by atoms with Crippen molar-refractivity contribution >= 4 is 5.97 Å². The van der Waals surface area contributed by atoms with Crippen molar-refractivity contribution in [3.8, 4) is 0 Å². The van der Waals surface area contributed by atoms with Gasteiger partial charge in [-0.1, -0.05) is 0 Å². The van der Waals surface area contributed by atoms with Crippen LogP contribution in [-0.4, -0.2) is 18.1 Å². The summed E-state index contributed by atoms with van der Waals surface area (Å²) in [7, 11) is 1.08. The van der Waals surface area contributed by atoms with Crippen LogP contribution in [0.1, 0.15) is 17.7 Å². The highest BCUT2D eigenvalue weighted by molar-refractivity contribution is 5.72. The number of nitrogens with one attached hydrogen (secondary N) is 1. The third-order valence-electron chi connectivity index (χ3n) is 1.93. The molecule has 1 aromatic rings. The van der Waals surface area contributed by atoms with Crippen LogP contribution < -0.4 is 5.43 Å². The first kappa shape index (κ1) is 12.3. The van der Waals surface area contributed by atoms with Gasteiger partial charge in [-0.3, -0.25) is 9.59 Å². The van der Waals surface area contributed by atoms with E-state index in [0.29, 0.717) is 6.20 Å². The number of alkyl halides is 2. The molecule has 0 unspecified atom stereocenters. The molecule has 7 heteroatoms. The topological polar surface area (TPSA) is 59.2 Å². The number of hydrogen-bond donors (Lipinski definition) is 1. The first-order valence-corrected chi connectivity index (χ1v) is 4.22. The number of H-pyrrole nitrogens is 1. The summed E-state index contributed by atoms with van der Waals surface area (Å²) in [6, 6.07) is 0. The minimum Gasteiger partial charge on any atom is -0.469 e. The highest BCUT2D eigenvalue weighted by Crippen LogP contribution is 2.18. The van der Waals surface area contributed by atoms with Gasteiger partial charge in [0.25, 0.3) is 6.43 Å². The van der Waals surface area contributed by atoms with Gasteiger partial charge in [0.2, 0.25) is 5.43 Å². The van der Waals surface area contributed by atoms with Gasteiger partial charge < -0.3 is 9.72 Å². The van der Waals surface area contributed by atoms with Crippen LogP contribution in [0.4, 0.5) is 13.2 Å². The van der Waals surface area contributed by atoms with E-state index in [-0.39, 0.29) is 5.69 Å². The van der Waals surface area contributed by atoms with E-state index in [0.717, 1.165) is 7.11 Å². The van der Waals surface area contributed by atoms with Gasteiger partial charge in [-0.2, -0.15) is 0 Å². The summed E-state index contributed by atoms with van der Waals surface area (Å²) in [5.74, 6) is -2.12. The van der Waals surface area contributed by atoms with Crippen molar-refractivity contribution in [2.75, 3.05) is 7.11 Å². The molecule has 0 radical (unpaired) electrons. The maximum absolute atomic E-state index is 12.7. The van der Waals surface area contributed by atoms with Crippen molar-refractivity contribution in [2.45, 2.75) is 12.8 Å². The van der Waals surface area contributed by atoms with E-state index in [1.807, 2.05) is 0 Å². The van der Waals surface area contributed by atoms with Gasteiger partial charge in [-0.15, -0.1) is 0 Å². The Balaban J connectivity index is 3.24. The molecule has 0 aliphatic rings. The minimum atomic E-state index is -3.15. The van der Waals surface area contributed by atoms with E-state index in [1.165, 1.54) is 0 Å². The van der Waals surface area contributed by atoms with Crippen LogP contribution in [0.25, 0.3) is 0 Å². The molecule has 0 amide bonds. The first-order chi connectivity index (χ1) is 7.47. The number of carbonyl (C=O) groups is 1. The van der Waals surface area contributed by atoms with Crippen molar-refractivity contribution in [1.29, 1.82) is 0 Å². The number of aromatic nitrogens is 1. The number of hydrogen-bond acceptors (Lipinski definition) is 3. The van der Waals surface area contributed by atoms with E-state index in [1.54, 1.807) is 0 Å². The normalized spacial score (nSPS) is 10.6. The number of aromatic amines is 1. The molecular formula is C9H8F3NO3. The number of rotatable bonds is 3. The number of carbonyl (C=O) groups excluding carboxylic acids is 1. The predicted molar refractivity (Wildman–Crippen MR) is 47.7 cm³/mol. The molecule has 1 heterocycles. The van der Waals surface area contributed by atoms with Crippen molar-refractivity contribution in [3.63, 3.8) is 0 Å². The molecule has 0 saturated carbocycles. The van der Waals surface area contributed by atoms with E-state index >= 15 is 0 Å². The maximum Gasteiger partial charge on any atom is 0.311 e. The Hall–Kier alpha value is -1.79. The molecule has 0 bridgehead atoms. The van der Waals surface area contributed by atoms with Crippen molar-refractivity contribution in [2.24, 2.45) is 0 Å². The van der Waals surface area contributed by atoms with Gasteiger partial charge in [0, 0.05) is 11.9 Å². The number of methoxy groups -OCH3 is 1. The van der Waals surface area contributed by atoms with Crippen LogP contribution in [0.5, 0.6) is 0 Å². The molecular weight excluding hydrogens is 227 g/mol. The second-order valence-corrected chi connectivity index (χ2v) is 2.91. The summed E-state index contributed by atoms with van der Waals surface area (Å²) in [4.78, 5) is 24.1. The fourth-order valence-corrected chi connectivity index (χ4v) is 1.15. The molecule has 0 spiro atoms. The van der Waals surface area contributed by atoms with E-state index in [4.69, 9.17) is 0 Å². The second-order valence-electron chi connectivity index (χ2n) is 2.91. The van der Waals surface area contributed by atoms with Gasteiger partial charge in [0.1, 0.15) is 0 Å².